The van der Waals surface area contributed by atoms with Gasteiger partial charge >= 0.3 is 0 Å². The van der Waals surface area contributed by atoms with Gasteiger partial charge < -0.3 is 0 Å². The molecular weight excluding hydrogens is 200 g/mol. The van der Waals surface area contributed by atoms with Crippen molar-refractivity contribution in [2.24, 2.45) is 16.7 Å². The van der Waals surface area contributed by atoms with Gasteiger partial charge in [-0.1, -0.05) is 27.7 Å². The molecule has 0 unspecified atom stereocenters. The minimum atomic E-state index is 0.566. The van der Waals surface area contributed by atoms with E-state index >= 15 is 0 Å². The molecule has 2 fully saturated rings. The molecule has 0 aliphatic heterocycles. The molecule has 0 nitrogen and oxygen atoms in total. The van der Waals surface area contributed by atoms with Gasteiger partial charge in [0.25, 0.3) is 0 Å². The first-order valence-corrected chi connectivity index (χ1v) is 7.56. The highest BCUT2D eigenvalue weighted by atomic mass is 32.2. The second-order valence-corrected chi connectivity index (χ2v) is 8.68. The third kappa shape index (κ3) is 2.23. The molecule has 2 saturated carbocycles. The van der Waals surface area contributed by atoms with E-state index in [0.29, 0.717) is 15.6 Å². The third-order valence-electron chi connectivity index (χ3n) is 4.45. The maximum Gasteiger partial charge on any atom is 0.0170 e. The molecule has 1 heteroatoms. The maximum atomic E-state index is 2.54. The Bertz CT molecular complexity index is 254. The smallest absolute Gasteiger partial charge is 0.0170 e. The van der Waals surface area contributed by atoms with Crippen LogP contribution in [0.1, 0.15) is 59.8 Å². The van der Waals surface area contributed by atoms with E-state index in [1.54, 1.807) is 0 Å². The van der Waals surface area contributed by atoms with Gasteiger partial charge in [0.15, 0.2) is 0 Å². The minimum Gasteiger partial charge on any atom is -0.159 e. The predicted octanol–water partition coefficient (Wildman–Crippen LogP) is 4.73. The van der Waals surface area contributed by atoms with E-state index in [-0.39, 0.29) is 0 Å². The predicted molar refractivity (Wildman–Crippen MR) is 70.4 cm³/mol. The molecule has 0 aromatic carbocycles. The lowest BCUT2D eigenvalue weighted by atomic mass is 9.53. The summed E-state index contributed by atoms with van der Waals surface area (Å²) >= 11 is 2.15. The standard InChI is InChI=1S/C14H26S/c1-11-6-13(4)8-12(2,3)9-14(7-11,10-13)15-5/h11H,6-10H2,1-5H3/t11-,13+,14+/m0/s1. The Morgan fingerprint density at radius 1 is 1.00 bits per heavy atom. The van der Waals surface area contributed by atoms with E-state index in [9.17, 15) is 0 Å². The molecule has 0 heterocycles. The molecule has 0 radical (unpaired) electrons. The fourth-order valence-corrected chi connectivity index (χ4v) is 6.54. The summed E-state index contributed by atoms with van der Waals surface area (Å²) in [5, 5.41) is 0. The normalized spacial score (nSPS) is 49.0. The molecular formula is C14H26S. The van der Waals surface area contributed by atoms with Gasteiger partial charge in [-0.2, -0.15) is 11.8 Å². The SMILES string of the molecule is CS[C@]12C[C@@H](C)C[C@](C)(CC(C)(C)C1)C2. The van der Waals surface area contributed by atoms with Gasteiger partial charge in [0.2, 0.25) is 0 Å². The van der Waals surface area contributed by atoms with Crippen LogP contribution < -0.4 is 0 Å². The van der Waals surface area contributed by atoms with Crippen LogP contribution in [-0.2, 0) is 0 Å². The van der Waals surface area contributed by atoms with Crippen molar-refractivity contribution in [2.45, 2.75) is 64.5 Å². The van der Waals surface area contributed by atoms with E-state index in [4.69, 9.17) is 0 Å². The maximum absolute atomic E-state index is 2.54. The largest absolute Gasteiger partial charge is 0.159 e. The highest BCUT2D eigenvalue weighted by molar-refractivity contribution is 8.00. The summed E-state index contributed by atoms with van der Waals surface area (Å²) < 4.78 is 0.605. The lowest BCUT2D eigenvalue weighted by Crippen LogP contribution is -2.50. The quantitative estimate of drug-likeness (QED) is 0.622. The van der Waals surface area contributed by atoms with Crippen LogP contribution in [0.4, 0.5) is 0 Å². The average Bonchev–Trinajstić information content (AvgIpc) is 1.96. The van der Waals surface area contributed by atoms with Crippen LogP contribution in [0.25, 0.3) is 0 Å². The van der Waals surface area contributed by atoms with Crippen LogP contribution in [0.15, 0.2) is 0 Å². The molecule has 3 atom stereocenters. The highest BCUT2D eigenvalue weighted by Gasteiger charge is 2.52. The molecule has 2 aliphatic carbocycles. The number of hydrogen-bond acceptors (Lipinski definition) is 1. The molecule has 15 heavy (non-hydrogen) atoms. The van der Waals surface area contributed by atoms with Crippen LogP contribution in [0.5, 0.6) is 0 Å². The van der Waals surface area contributed by atoms with Crippen molar-refractivity contribution >= 4 is 11.8 Å². The van der Waals surface area contributed by atoms with Crippen LogP contribution in [0.2, 0.25) is 0 Å². The second-order valence-electron chi connectivity index (χ2n) is 7.41. The molecule has 2 aliphatic rings. The molecule has 2 bridgehead atoms. The Kier molecular flexibility index (Phi) is 2.70. The van der Waals surface area contributed by atoms with E-state index in [1.807, 2.05) is 0 Å². The molecule has 0 amide bonds. The summed E-state index contributed by atoms with van der Waals surface area (Å²) in [4.78, 5) is 0. The van der Waals surface area contributed by atoms with E-state index in [0.717, 1.165) is 5.92 Å². The third-order valence-corrected chi connectivity index (χ3v) is 5.77. The van der Waals surface area contributed by atoms with Crippen LogP contribution in [-0.4, -0.2) is 11.0 Å². The Morgan fingerprint density at radius 2 is 1.67 bits per heavy atom. The summed E-state index contributed by atoms with van der Waals surface area (Å²) in [6, 6.07) is 0. The van der Waals surface area contributed by atoms with Gasteiger partial charge in [-0.15, -0.1) is 0 Å². The van der Waals surface area contributed by atoms with Crippen LogP contribution in [0.3, 0.4) is 0 Å². The minimum absolute atomic E-state index is 0.566. The van der Waals surface area contributed by atoms with Gasteiger partial charge in [-0.25, -0.2) is 0 Å². The zero-order valence-corrected chi connectivity index (χ0v) is 11.8. The molecule has 88 valence electrons. The van der Waals surface area contributed by atoms with Crippen molar-refractivity contribution in [3.05, 3.63) is 0 Å². The van der Waals surface area contributed by atoms with Gasteiger partial charge in [-0.3, -0.25) is 0 Å². The number of fused-ring (bicyclic) bond motifs is 2. The number of hydrogen-bond donors (Lipinski definition) is 0. The molecule has 0 saturated heterocycles. The van der Waals surface area contributed by atoms with Gasteiger partial charge in [0.05, 0.1) is 0 Å². The van der Waals surface area contributed by atoms with Crippen molar-refractivity contribution in [3.8, 4) is 0 Å². The molecule has 0 spiro atoms. The summed E-state index contributed by atoms with van der Waals surface area (Å²) in [6.45, 7) is 9.95. The van der Waals surface area contributed by atoms with Crippen LogP contribution in [0, 0.1) is 16.7 Å². The highest BCUT2D eigenvalue weighted by Crippen LogP contribution is 2.62. The van der Waals surface area contributed by atoms with Crippen molar-refractivity contribution in [3.63, 3.8) is 0 Å². The first-order chi connectivity index (χ1) is 6.78. The Hall–Kier alpha value is 0.350. The molecule has 2 rings (SSSR count). The summed E-state index contributed by atoms with van der Waals surface area (Å²) in [6.07, 6.45) is 9.58. The van der Waals surface area contributed by atoms with Gasteiger partial charge in [0.1, 0.15) is 0 Å². The Balaban J connectivity index is 2.30. The molecule has 0 aromatic heterocycles. The average molecular weight is 226 g/mol. The lowest BCUT2D eigenvalue weighted by molar-refractivity contribution is 0.00849. The van der Waals surface area contributed by atoms with Crippen molar-refractivity contribution in [1.29, 1.82) is 0 Å². The molecule has 0 N–H and O–H groups in total. The van der Waals surface area contributed by atoms with Gasteiger partial charge in [0, 0.05) is 4.75 Å². The van der Waals surface area contributed by atoms with Crippen molar-refractivity contribution < 1.29 is 0 Å². The Labute approximate surface area is 99.6 Å². The van der Waals surface area contributed by atoms with E-state index in [1.165, 1.54) is 32.1 Å². The first kappa shape index (κ1) is 11.8. The monoisotopic (exact) mass is 226 g/mol. The topological polar surface area (TPSA) is 0 Å². The number of rotatable bonds is 1. The first-order valence-electron chi connectivity index (χ1n) is 6.33. The van der Waals surface area contributed by atoms with Crippen molar-refractivity contribution in [1.82, 2.24) is 0 Å². The van der Waals surface area contributed by atoms with Crippen molar-refractivity contribution in [2.75, 3.05) is 6.26 Å². The number of thioether (sulfide) groups is 1. The Morgan fingerprint density at radius 3 is 2.27 bits per heavy atom. The van der Waals surface area contributed by atoms with Crippen LogP contribution >= 0.6 is 11.8 Å². The second kappa shape index (κ2) is 3.42. The van der Waals surface area contributed by atoms with Gasteiger partial charge in [-0.05, 0) is 55.1 Å². The van der Waals surface area contributed by atoms with E-state index in [2.05, 4.69) is 45.7 Å². The molecule has 0 aromatic rings. The summed E-state index contributed by atoms with van der Waals surface area (Å²) in [5.41, 5.74) is 1.19. The zero-order valence-electron chi connectivity index (χ0n) is 11.0. The zero-order chi connectivity index (χ0) is 11.3. The lowest BCUT2D eigenvalue weighted by Gasteiger charge is -2.58. The fourth-order valence-electron chi connectivity index (χ4n) is 5.06. The summed E-state index contributed by atoms with van der Waals surface area (Å²) in [7, 11) is 0. The summed E-state index contributed by atoms with van der Waals surface area (Å²) in [5.74, 6) is 0.937. The fraction of sp³-hybridized carbons (Fsp3) is 1.00. The van der Waals surface area contributed by atoms with E-state index < -0.39 is 0 Å².